The van der Waals surface area contributed by atoms with E-state index in [2.05, 4.69) is 143 Å². The van der Waals surface area contributed by atoms with Crippen LogP contribution < -0.4 is 0 Å². The van der Waals surface area contributed by atoms with Crippen molar-refractivity contribution < 1.29 is 8.83 Å². The van der Waals surface area contributed by atoms with E-state index in [-0.39, 0.29) is 0 Å². The Morgan fingerprint density at radius 1 is 0.404 bits per heavy atom. The van der Waals surface area contributed by atoms with Crippen molar-refractivity contribution in [1.29, 1.82) is 0 Å². The summed E-state index contributed by atoms with van der Waals surface area (Å²) in [5.74, 6) is 0. The number of imidazole rings is 1. The Morgan fingerprint density at radius 2 is 0.981 bits per heavy atom. The van der Waals surface area contributed by atoms with Crippen LogP contribution >= 0.6 is 0 Å². The second-order valence-corrected chi connectivity index (χ2v) is 13.6. The molecular formula is C47H27N3O2. The van der Waals surface area contributed by atoms with E-state index in [4.69, 9.17) is 13.8 Å². The molecule has 0 aliphatic rings. The Bertz CT molecular complexity index is 3300. The quantitative estimate of drug-likeness (QED) is 0.189. The first-order valence-electron chi connectivity index (χ1n) is 17.5. The van der Waals surface area contributed by atoms with Crippen LogP contribution in [0.4, 0.5) is 0 Å². The summed E-state index contributed by atoms with van der Waals surface area (Å²) in [6.07, 6.45) is 2.09. The molecule has 12 rings (SSSR count). The summed E-state index contributed by atoms with van der Waals surface area (Å²) >= 11 is 0. The number of hydrogen-bond donors (Lipinski definition) is 0. The lowest BCUT2D eigenvalue weighted by Crippen LogP contribution is -1.97. The van der Waals surface area contributed by atoms with Crippen LogP contribution in [0.2, 0.25) is 0 Å². The average molecular weight is 666 g/mol. The highest BCUT2D eigenvalue weighted by Gasteiger charge is 2.20. The first-order valence-corrected chi connectivity index (χ1v) is 17.5. The monoisotopic (exact) mass is 665 g/mol. The first kappa shape index (κ1) is 27.7. The highest BCUT2D eigenvalue weighted by atomic mass is 16.3. The zero-order valence-corrected chi connectivity index (χ0v) is 27.7. The first-order chi connectivity index (χ1) is 25.7. The predicted octanol–water partition coefficient (Wildman–Crippen LogP) is 12.7. The van der Waals surface area contributed by atoms with Gasteiger partial charge in [0.1, 0.15) is 33.5 Å². The maximum atomic E-state index is 6.37. The smallest absolute Gasteiger partial charge is 0.137 e. The van der Waals surface area contributed by atoms with Crippen LogP contribution in [0, 0.1) is 0 Å². The van der Waals surface area contributed by atoms with Gasteiger partial charge in [0.05, 0.1) is 16.6 Å². The largest absolute Gasteiger partial charge is 0.456 e. The van der Waals surface area contributed by atoms with Crippen molar-refractivity contribution in [3.05, 3.63) is 164 Å². The third-order valence-electron chi connectivity index (χ3n) is 10.7. The molecule has 5 nitrogen and oxygen atoms in total. The summed E-state index contributed by atoms with van der Waals surface area (Å²) in [5.41, 5.74) is 14.1. The molecule has 0 N–H and O–H groups in total. The highest BCUT2D eigenvalue weighted by Crippen LogP contribution is 2.41. The third-order valence-corrected chi connectivity index (χ3v) is 10.7. The van der Waals surface area contributed by atoms with Gasteiger partial charge in [-0.2, -0.15) is 0 Å². The molecular weight excluding hydrogens is 639 g/mol. The fourth-order valence-corrected chi connectivity index (χ4v) is 8.33. The van der Waals surface area contributed by atoms with Crippen molar-refractivity contribution in [2.45, 2.75) is 0 Å². The molecule has 0 saturated carbocycles. The molecule has 7 aromatic carbocycles. The zero-order chi connectivity index (χ0) is 33.9. The summed E-state index contributed by atoms with van der Waals surface area (Å²) in [7, 11) is 0. The lowest BCUT2D eigenvalue weighted by Gasteiger charge is -2.14. The van der Waals surface area contributed by atoms with Crippen molar-refractivity contribution in [3.63, 3.8) is 0 Å². The van der Waals surface area contributed by atoms with E-state index in [0.717, 1.165) is 99.5 Å². The Morgan fingerprint density at radius 3 is 1.67 bits per heavy atom. The molecule has 5 aromatic heterocycles. The number of rotatable bonds is 3. The van der Waals surface area contributed by atoms with E-state index in [1.54, 1.807) is 0 Å². The number of aromatic nitrogens is 3. The van der Waals surface area contributed by atoms with Crippen molar-refractivity contribution in [1.82, 2.24) is 14.0 Å². The molecule has 12 aromatic rings. The van der Waals surface area contributed by atoms with E-state index in [9.17, 15) is 0 Å². The Labute approximate surface area is 296 Å². The van der Waals surface area contributed by atoms with Crippen molar-refractivity contribution >= 4 is 82.4 Å². The Kier molecular flexibility index (Phi) is 5.44. The Hall–Kier alpha value is -7.11. The number of fused-ring (bicyclic) bond motifs is 13. The molecule has 242 valence electrons. The van der Waals surface area contributed by atoms with Crippen LogP contribution in [0.5, 0.6) is 0 Å². The molecule has 0 fully saturated rings. The number of pyridine rings is 1. The van der Waals surface area contributed by atoms with E-state index < -0.39 is 0 Å². The predicted molar refractivity (Wildman–Crippen MR) is 212 cm³/mol. The molecule has 0 saturated heterocycles. The van der Waals surface area contributed by atoms with E-state index in [1.807, 2.05) is 30.3 Å². The van der Waals surface area contributed by atoms with E-state index >= 15 is 0 Å². The van der Waals surface area contributed by atoms with Crippen LogP contribution in [-0.2, 0) is 0 Å². The molecule has 0 atom stereocenters. The zero-order valence-electron chi connectivity index (χ0n) is 27.7. The molecule has 5 heterocycles. The van der Waals surface area contributed by atoms with Crippen LogP contribution in [0.25, 0.3) is 110 Å². The summed E-state index contributed by atoms with van der Waals surface area (Å²) in [6, 6.07) is 55.8. The number of benzene rings is 7. The Balaban J connectivity index is 1.17. The molecule has 0 unspecified atom stereocenters. The standard InChI is InChI=1S/C47H27N3O2/c1-4-12-39-33(9-1)38-20-21-40-46(48-45-15-7-8-22-49(40)45)47(38)50(39)32-24-30(28-16-18-36-34-10-2-5-13-41(34)51-43(36)26-28)23-31(25-32)29-17-19-37-35-11-3-6-14-42(35)52-44(37)27-29/h1-27H. The van der Waals surface area contributed by atoms with Gasteiger partial charge >= 0.3 is 0 Å². The van der Waals surface area contributed by atoms with Gasteiger partial charge in [0.2, 0.25) is 0 Å². The second kappa shape index (κ2) is 10.2. The molecule has 0 radical (unpaired) electrons. The molecule has 0 amide bonds. The van der Waals surface area contributed by atoms with Gasteiger partial charge in [-0.1, -0.05) is 72.8 Å². The average Bonchev–Trinajstić information content (AvgIpc) is 3.95. The van der Waals surface area contributed by atoms with Gasteiger partial charge in [0, 0.05) is 44.2 Å². The van der Waals surface area contributed by atoms with Gasteiger partial charge in [-0.15, -0.1) is 0 Å². The topological polar surface area (TPSA) is 48.5 Å². The maximum absolute atomic E-state index is 6.37. The van der Waals surface area contributed by atoms with Gasteiger partial charge in [0.15, 0.2) is 0 Å². The summed E-state index contributed by atoms with van der Waals surface area (Å²) in [4.78, 5) is 5.21. The van der Waals surface area contributed by atoms with Crippen LogP contribution in [0.1, 0.15) is 0 Å². The normalized spacial score (nSPS) is 12.2. The van der Waals surface area contributed by atoms with E-state index in [1.165, 1.54) is 10.8 Å². The molecule has 52 heavy (non-hydrogen) atoms. The van der Waals surface area contributed by atoms with Gasteiger partial charge < -0.3 is 13.4 Å². The summed E-state index contributed by atoms with van der Waals surface area (Å²) in [6.45, 7) is 0. The lowest BCUT2D eigenvalue weighted by molar-refractivity contribution is 0.668. The minimum atomic E-state index is 0.873. The number of para-hydroxylation sites is 3. The molecule has 5 heteroatoms. The third kappa shape index (κ3) is 3.85. The maximum Gasteiger partial charge on any atom is 0.137 e. The minimum absolute atomic E-state index is 0.873. The van der Waals surface area contributed by atoms with E-state index in [0.29, 0.717) is 0 Å². The summed E-state index contributed by atoms with van der Waals surface area (Å²) in [5, 5.41) is 6.84. The van der Waals surface area contributed by atoms with Crippen LogP contribution in [0.15, 0.2) is 173 Å². The van der Waals surface area contributed by atoms with Gasteiger partial charge in [0.25, 0.3) is 0 Å². The fraction of sp³-hybridized carbons (Fsp3) is 0. The van der Waals surface area contributed by atoms with Gasteiger partial charge in [-0.3, -0.25) is 4.40 Å². The number of nitrogens with zero attached hydrogens (tertiary/aromatic N) is 3. The van der Waals surface area contributed by atoms with Gasteiger partial charge in [-0.25, -0.2) is 4.98 Å². The molecule has 0 spiro atoms. The minimum Gasteiger partial charge on any atom is -0.456 e. The van der Waals surface area contributed by atoms with Crippen molar-refractivity contribution in [2.24, 2.45) is 0 Å². The molecule has 0 aliphatic heterocycles. The van der Waals surface area contributed by atoms with Crippen LogP contribution in [-0.4, -0.2) is 14.0 Å². The number of hydrogen-bond acceptors (Lipinski definition) is 3. The highest BCUT2D eigenvalue weighted by molar-refractivity contribution is 6.18. The lowest BCUT2D eigenvalue weighted by atomic mass is 9.96. The van der Waals surface area contributed by atoms with Crippen molar-refractivity contribution in [3.8, 4) is 27.9 Å². The van der Waals surface area contributed by atoms with Crippen molar-refractivity contribution in [2.75, 3.05) is 0 Å². The molecule has 0 aliphatic carbocycles. The summed E-state index contributed by atoms with van der Waals surface area (Å²) < 4.78 is 17.3. The SMILES string of the molecule is c1ccc2c(c1)oc1cc(-c3cc(-c4ccc5c(c4)oc4ccccc45)cc(-n4c5ccccc5c5ccc6c(nc7ccccn76)c54)c3)ccc12. The second-order valence-electron chi connectivity index (χ2n) is 13.6. The van der Waals surface area contributed by atoms with Crippen LogP contribution in [0.3, 0.4) is 0 Å². The fourth-order valence-electron chi connectivity index (χ4n) is 8.33. The van der Waals surface area contributed by atoms with Gasteiger partial charge in [-0.05, 0) is 107 Å². The number of furan rings is 2. The molecule has 0 bridgehead atoms.